The number of allylic oxidation sites excluding steroid dienone is 2. The molecule has 0 spiro atoms. The molecule has 1 fully saturated rings. The molecule has 0 aromatic heterocycles. The molecule has 4 rings (SSSR count). The largest absolute Gasteiger partial charge is 0.395 e. The van der Waals surface area contributed by atoms with E-state index in [2.05, 4.69) is 12.1 Å². The van der Waals surface area contributed by atoms with Crippen molar-refractivity contribution in [3.8, 4) is 0 Å². The zero-order valence-electron chi connectivity index (χ0n) is 17.1. The van der Waals surface area contributed by atoms with E-state index in [4.69, 9.17) is 4.99 Å². The van der Waals surface area contributed by atoms with Crippen LogP contribution >= 0.6 is 0 Å². The highest BCUT2D eigenvalue weighted by Crippen LogP contribution is 2.37. The topological polar surface area (TPSA) is 79.7 Å². The second-order valence-corrected chi connectivity index (χ2v) is 7.68. The van der Waals surface area contributed by atoms with Gasteiger partial charge < -0.3 is 14.9 Å². The SMILES string of the molecule is CC1=C(C)N2C(=NC3C2C(=O)N(CCCc2ccccc2)C(=O)N3C)N1CCO. The number of carbonyl (C=O) groups is 2. The molecule has 3 aliphatic heterocycles. The third kappa shape index (κ3) is 3.07. The maximum atomic E-state index is 13.3. The van der Waals surface area contributed by atoms with E-state index >= 15 is 0 Å². The fourth-order valence-corrected chi connectivity index (χ4v) is 4.34. The number of rotatable bonds is 6. The molecule has 8 heteroatoms. The van der Waals surface area contributed by atoms with Crippen LogP contribution < -0.4 is 0 Å². The number of amides is 3. The van der Waals surface area contributed by atoms with E-state index in [-0.39, 0.29) is 18.5 Å². The molecule has 1 N–H and O–H groups in total. The Morgan fingerprint density at radius 3 is 2.45 bits per heavy atom. The molecule has 3 heterocycles. The molecule has 0 aliphatic carbocycles. The third-order valence-corrected chi connectivity index (χ3v) is 6.02. The molecule has 1 aromatic carbocycles. The smallest absolute Gasteiger partial charge is 0.328 e. The zero-order chi connectivity index (χ0) is 20.7. The number of aliphatic hydroxyl groups is 1. The lowest BCUT2D eigenvalue weighted by atomic mass is 10.1. The number of fused-ring (bicyclic) bond motifs is 3. The number of aliphatic imine (C=N–C) groups is 1. The highest BCUT2D eigenvalue weighted by atomic mass is 16.3. The highest BCUT2D eigenvalue weighted by molar-refractivity contribution is 6.05. The molecule has 8 nitrogen and oxygen atoms in total. The standard InChI is InChI=1S/C21H27N5O3/c1-14-15(2)26-17-18(22-20(26)24(14)12-13-27)23(3)21(29)25(19(17)28)11-7-10-16-8-5-4-6-9-16/h4-6,8-9,17-18,27H,7,10-13H2,1-3H3. The van der Waals surface area contributed by atoms with Gasteiger partial charge in [0.2, 0.25) is 5.96 Å². The van der Waals surface area contributed by atoms with Crippen molar-refractivity contribution in [2.24, 2.45) is 4.99 Å². The number of likely N-dealkylation sites (N-methyl/N-ethyl adjacent to an activating group) is 1. The summed E-state index contributed by atoms with van der Waals surface area (Å²) in [7, 11) is 1.70. The fourth-order valence-electron chi connectivity index (χ4n) is 4.34. The van der Waals surface area contributed by atoms with Gasteiger partial charge in [0, 0.05) is 31.5 Å². The van der Waals surface area contributed by atoms with Crippen LogP contribution in [0.15, 0.2) is 46.7 Å². The van der Waals surface area contributed by atoms with Crippen LogP contribution in [0.4, 0.5) is 4.79 Å². The van der Waals surface area contributed by atoms with E-state index in [1.165, 1.54) is 10.5 Å². The summed E-state index contributed by atoms with van der Waals surface area (Å²) in [6.45, 7) is 4.69. The quantitative estimate of drug-likeness (QED) is 0.786. The Balaban J connectivity index is 1.53. The minimum atomic E-state index is -0.553. The first-order valence-corrected chi connectivity index (χ1v) is 10.0. The number of carbonyl (C=O) groups excluding carboxylic acids is 2. The lowest BCUT2D eigenvalue weighted by molar-refractivity contribution is -0.136. The Hall–Kier alpha value is -2.87. The molecule has 3 aliphatic rings. The number of guanidine groups is 1. The molecule has 2 atom stereocenters. The molecular formula is C21H27N5O3. The van der Waals surface area contributed by atoms with Crippen molar-refractivity contribution in [1.29, 1.82) is 0 Å². The zero-order valence-corrected chi connectivity index (χ0v) is 17.1. The van der Waals surface area contributed by atoms with E-state index in [9.17, 15) is 14.7 Å². The number of hydrogen-bond acceptors (Lipinski definition) is 6. The molecule has 154 valence electrons. The van der Waals surface area contributed by atoms with Gasteiger partial charge in [-0.1, -0.05) is 30.3 Å². The maximum Gasteiger partial charge on any atom is 0.328 e. The number of nitrogens with zero attached hydrogens (tertiary/aromatic N) is 5. The number of β-amino-alcohol motifs (C(OH)–C–C–N with tert-alkyl or cyclic N) is 1. The number of hydrogen-bond donors (Lipinski definition) is 1. The average molecular weight is 397 g/mol. The van der Waals surface area contributed by atoms with E-state index < -0.39 is 12.2 Å². The second kappa shape index (κ2) is 7.51. The monoisotopic (exact) mass is 397 g/mol. The average Bonchev–Trinajstić information content (AvgIpc) is 3.22. The van der Waals surface area contributed by atoms with Crippen molar-refractivity contribution in [2.45, 2.75) is 38.9 Å². The first kappa shape index (κ1) is 19.4. The predicted octanol–water partition coefficient (Wildman–Crippen LogP) is 1.44. The summed E-state index contributed by atoms with van der Waals surface area (Å²) in [6, 6.07) is 9.20. The predicted molar refractivity (Wildman–Crippen MR) is 109 cm³/mol. The van der Waals surface area contributed by atoms with Crippen molar-refractivity contribution >= 4 is 17.9 Å². The van der Waals surface area contributed by atoms with Gasteiger partial charge in [-0.2, -0.15) is 0 Å². The first-order valence-electron chi connectivity index (χ1n) is 10.0. The summed E-state index contributed by atoms with van der Waals surface area (Å²) in [5.41, 5.74) is 3.10. The molecule has 2 unspecified atom stereocenters. The van der Waals surface area contributed by atoms with Crippen LogP contribution in [-0.2, 0) is 11.2 Å². The van der Waals surface area contributed by atoms with Crippen LogP contribution in [0, 0.1) is 0 Å². The molecule has 3 amide bonds. The Morgan fingerprint density at radius 2 is 1.76 bits per heavy atom. The van der Waals surface area contributed by atoms with Gasteiger partial charge in [0.1, 0.15) is 0 Å². The van der Waals surface area contributed by atoms with E-state index in [1.54, 1.807) is 11.9 Å². The summed E-state index contributed by atoms with van der Waals surface area (Å²) in [5, 5.41) is 9.41. The van der Waals surface area contributed by atoms with Crippen LogP contribution in [0.3, 0.4) is 0 Å². The van der Waals surface area contributed by atoms with Crippen LogP contribution in [0.25, 0.3) is 0 Å². The Kier molecular flexibility index (Phi) is 5.04. The number of urea groups is 1. The Bertz CT molecular complexity index is 882. The molecule has 1 aromatic rings. The second-order valence-electron chi connectivity index (χ2n) is 7.68. The van der Waals surface area contributed by atoms with Crippen molar-refractivity contribution in [2.75, 3.05) is 26.7 Å². The van der Waals surface area contributed by atoms with Crippen LogP contribution in [0.1, 0.15) is 25.8 Å². The summed E-state index contributed by atoms with van der Waals surface area (Å²) in [4.78, 5) is 37.7. The van der Waals surface area contributed by atoms with Crippen LogP contribution in [-0.4, -0.2) is 81.6 Å². The lowest BCUT2D eigenvalue weighted by Crippen LogP contribution is -2.64. The van der Waals surface area contributed by atoms with Crippen molar-refractivity contribution < 1.29 is 14.7 Å². The van der Waals surface area contributed by atoms with Gasteiger partial charge in [0.05, 0.1) is 6.61 Å². The van der Waals surface area contributed by atoms with Gasteiger partial charge in [-0.3, -0.25) is 14.6 Å². The Labute approximate surface area is 170 Å². The van der Waals surface area contributed by atoms with Gasteiger partial charge in [0.15, 0.2) is 12.2 Å². The number of aryl methyl sites for hydroxylation is 1. The molecule has 0 radical (unpaired) electrons. The van der Waals surface area contributed by atoms with Gasteiger partial charge in [0.25, 0.3) is 5.91 Å². The van der Waals surface area contributed by atoms with Gasteiger partial charge >= 0.3 is 6.03 Å². The number of benzene rings is 1. The van der Waals surface area contributed by atoms with E-state index in [1.807, 2.05) is 41.8 Å². The first-order chi connectivity index (χ1) is 14.0. The summed E-state index contributed by atoms with van der Waals surface area (Å²) >= 11 is 0. The van der Waals surface area contributed by atoms with E-state index in [0.29, 0.717) is 25.5 Å². The molecule has 0 saturated carbocycles. The maximum absolute atomic E-state index is 13.3. The van der Waals surface area contributed by atoms with Crippen LogP contribution in [0.2, 0.25) is 0 Å². The van der Waals surface area contributed by atoms with Gasteiger partial charge in [-0.15, -0.1) is 0 Å². The van der Waals surface area contributed by atoms with Crippen molar-refractivity contribution in [3.63, 3.8) is 0 Å². The number of imide groups is 1. The summed E-state index contributed by atoms with van der Waals surface area (Å²) in [6.07, 6.45) is 0.980. The lowest BCUT2D eigenvalue weighted by Gasteiger charge is -2.40. The van der Waals surface area contributed by atoms with E-state index in [0.717, 1.165) is 17.8 Å². The minimum Gasteiger partial charge on any atom is -0.395 e. The minimum absolute atomic E-state index is 0.0128. The Morgan fingerprint density at radius 1 is 1.03 bits per heavy atom. The molecule has 29 heavy (non-hydrogen) atoms. The van der Waals surface area contributed by atoms with Crippen molar-refractivity contribution in [1.82, 2.24) is 19.6 Å². The fraction of sp³-hybridized carbons (Fsp3) is 0.476. The molecule has 0 bridgehead atoms. The summed E-state index contributed by atoms with van der Waals surface area (Å²) < 4.78 is 0. The number of aliphatic hydroxyl groups excluding tert-OH is 1. The summed E-state index contributed by atoms with van der Waals surface area (Å²) in [5.74, 6) is 0.436. The molecule has 1 saturated heterocycles. The molecular weight excluding hydrogens is 370 g/mol. The third-order valence-electron chi connectivity index (χ3n) is 6.02. The highest BCUT2D eigenvalue weighted by Gasteiger charge is 2.55. The van der Waals surface area contributed by atoms with Crippen LogP contribution in [0.5, 0.6) is 0 Å². The van der Waals surface area contributed by atoms with Crippen molar-refractivity contribution in [3.05, 3.63) is 47.3 Å². The van der Waals surface area contributed by atoms with Gasteiger partial charge in [-0.25, -0.2) is 9.79 Å². The normalized spacial score (nSPS) is 23.8. The van der Waals surface area contributed by atoms with Gasteiger partial charge in [-0.05, 0) is 32.3 Å².